The Labute approximate surface area is 112 Å². The number of anilines is 2. The molecule has 1 N–H and O–H groups in total. The molecule has 2 rings (SSSR count). The van der Waals surface area contributed by atoms with Crippen molar-refractivity contribution in [3.8, 4) is 11.5 Å². The molecule has 2 aromatic carbocycles. The molecule has 0 aliphatic carbocycles. The first-order valence-electron chi connectivity index (χ1n) is 5.81. The Balaban J connectivity index is 2.38. The van der Waals surface area contributed by atoms with Crippen molar-refractivity contribution in [3.05, 3.63) is 48.0 Å². The number of ether oxygens (including phenoxy) is 2. The molecule has 0 aromatic heterocycles. The molecule has 0 spiro atoms. The third-order valence-electron chi connectivity index (χ3n) is 2.74. The van der Waals surface area contributed by atoms with E-state index in [4.69, 9.17) is 9.47 Å². The molecule has 0 bridgehead atoms. The smallest absolute Gasteiger partial charge is 0.152 e. The minimum Gasteiger partial charge on any atom is -0.497 e. The van der Waals surface area contributed by atoms with Crippen LogP contribution < -0.4 is 14.8 Å². The summed E-state index contributed by atoms with van der Waals surface area (Å²) in [4.78, 5) is 11.1. The first-order valence-corrected chi connectivity index (χ1v) is 5.81. The summed E-state index contributed by atoms with van der Waals surface area (Å²) < 4.78 is 10.4. The summed E-state index contributed by atoms with van der Waals surface area (Å²) in [5.74, 6) is 1.36. The van der Waals surface area contributed by atoms with E-state index in [1.165, 1.54) is 0 Å². The van der Waals surface area contributed by atoms with Crippen LogP contribution in [0, 0.1) is 0 Å². The number of methoxy groups -OCH3 is 2. The lowest BCUT2D eigenvalue weighted by molar-refractivity contribution is 0.112. The molecule has 19 heavy (non-hydrogen) atoms. The van der Waals surface area contributed by atoms with Crippen molar-refractivity contribution in [1.29, 1.82) is 0 Å². The summed E-state index contributed by atoms with van der Waals surface area (Å²) in [6.45, 7) is 0. The van der Waals surface area contributed by atoms with Gasteiger partial charge in [0.25, 0.3) is 0 Å². The number of rotatable bonds is 5. The maximum absolute atomic E-state index is 11.1. The average molecular weight is 257 g/mol. The van der Waals surface area contributed by atoms with Gasteiger partial charge in [0.2, 0.25) is 0 Å². The lowest BCUT2D eigenvalue weighted by Crippen LogP contribution is -1.99. The Morgan fingerprint density at radius 1 is 1.05 bits per heavy atom. The van der Waals surface area contributed by atoms with Crippen molar-refractivity contribution in [2.75, 3.05) is 19.5 Å². The van der Waals surface area contributed by atoms with Crippen molar-refractivity contribution in [1.82, 2.24) is 0 Å². The number of hydrogen-bond acceptors (Lipinski definition) is 4. The van der Waals surface area contributed by atoms with Gasteiger partial charge in [-0.05, 0) is 24.3 Å². The zero-order valence-electron chi connectivity index (χ0n) is 10.8. The van der Waals surface area contributed by atoms with Crippen LogP contribution in [0.2, 0.25) is 0 Å². The highest BCUT2D eigenvalue weighted by Crippen LogP contribution is 2.31. The maximum atomic E-state index is 11.1. The van der Waals surface area contributed by atoms with Gasteiger partial charge in [0, 0.05) is 17.3 Å². The van der Waals surface area contributed by atoms with E-state index in [2.05, 4.69) is 5.32 Å². The number of carbonyl (C=O) groups excluding carboxylic acids is 1. The summed E-state index contributed by atoms with van der Waals surface area (Å²) in [6, 6.07) is 12.8. The average Bonchev–Trinajstić information content (AvgIpc) is 2.47. The number of carbonyl (C=O) groups is 1. The maximum Gasteiger partial charge on any atom is 0.152 e. The van der Waals surface area contributed by atoms with E-state index in [0.29, 0.717) is 17.0 Å². The quantitative estimate of drug-likeness (QED) is 0.835. The van der Waals surface area contributed by atoms with E-state index >= 15 is 0 Å². The molecule has 0 aliphatic rings. The molecule has 2 aromatic rings. The Kier molecular flexibility index (Phi) is 4.03. The molecule has 4 nitrogen and oxygen atoms in total. The summed E-state index contributed by atoms with van der Waals surface area (Å²) in [5, 5.41) is 3.18. The molecule has 4 heteroatoms. The largest absolute Gasteiger partial charge is 0.497 e. The Morgan fingerprint density at radius 3 is 2.53 bits per heavy atom. The predicted molar refractivity (Wildman–Crippen MR) is 74.7 cm³/mol. The van der Waals surface area contributed by atoms with Gasteiger partial charge in [0.05, 0.1) is 19.9 Å². The van der Waals surface area contributed by atoms with Crippen molar-refractivity contribution >= 4 is 17.7 Å². The molecule has 0 atom stereocenters. The second-order valence-corrected chi connectivity index (χ2v) is 3.90. The zero-order chi connectivity index (χ0) is 13.7. The monoisotopic (exact) mass is 257 g/mol. The minimum absolute atomic E-state index is 0.544. The number of hydrogen-bond donors (Lipinski definition) is 1. The highest BCUT2D eigenvalue weighted by atomic mass is 16.5. The van der Waals surface area contributed by atoms with Crippen LogP contribution >= 0.6 is 0 Å². The molecule has 0 unspecified atom stereocenters. The van der Waals surface area contributed by atoms with Gasteiger partial charge in [0.15, 0.2) is 6.29 Å². The standard InChI is InChI=1S/C15H15NO3/c1-18-13-7-4-6-12(9-13)16-15-11(10-17)5-3-8-14(15)19-2/h3-10,16H,1-2H3. The summed E-state index contributed by atoms with van der Waals surface area (Å²) in [6.07, 6.45) is 0.797. The first-order chi connectivity index (χ1) is 9.28. The van der Waals surface area contributed by atoms with Crippen molar-refractivity contribution < 1.29 is 14.3 Å². The Bertz CT molecular complexity index is 581. The SMILES string of the molecule is COc1cccc(Nc2c(C=O)cccc2OC)c1. The van der Waals surface area contributed by atoms with Crippen LogP contribution in [0.4, 0.5) is 11.4 Å². The first kappa shape index (κ1) is 13.0. The normalized spacial score (nSPS) is 9.79. The molecule has 0 fully saturated rings. The molecular weight excluding hydrogens is 242 g/mol. The van der Waals surface area contributed by atoms with Gasteiger partial charge < -0.3 is 14.8 Å². The van der Waals surface area contributed by atoms with Crippen molar-refractivity contribution in [3.63, 3.8) is 0 Å². The molecule has 0 amide bonds. The third-order valence-corrected chi connectivity index (χ3v) is 2.74. The van der Waals surface area contributed by atoms with Crippen LogP contribution in [0.3, 0.4) is 0 Å². The number of aldehydes is 1. The molecule has 0 saturated carbocycles. The highest BCUT2D eigenvalue weighted by Gasteiger charge is 2.09. The van der Waals surface area contributed by atoms with Gasteiger partial charge in [-0.3, -0.25) is 4.79 Å². The van der Waals surface area contributed by atoms with E-state index in [0.717, 1.165) is 17.7 Å². The van der Waals surface area contributed by atoms with Gasteiger partial charge in [-0.1, -0.05) is 12.1 Å². The topological polar surface area (TPSA) is 47.6 Å². The van der Waals surface area contributed by atoms with E-state index < -0.39 is 0 Å². The second-order valence-electron chi connectivity index (χ2n) is 3.90. The molecule has 0 heterocycles. The van der Waals surface area contributed by atoms with Crippen LogP contribution in [0.15, 0.2) is 42.5 Å². The van der Waals surface area contributed by atoms with Crippen LogP contribution in [0.1, 0.15) is 10.4 Å². The van der Waals surface area contributed by atoms with E-state index in [-0.39, 0.29) is 0 Å². The van der Waals surface area contributed by atoms with Gasteiger partial charge in [-0.25, -0.2) is 0 Å². The fraction of sp³-hybridized carbons (Fsp3) is 0.133. The molecular formula is C15H15NO3. The van der Waals surface area contributed by atoms with Crippen molar-refractivity contribution in [2.24, 2.45) is 0 Å². The third kappa shape index (κ3) is 2.85. The fourth-order valence-corrected chi connectivity index (χ4v) is 1.80. The van der Waals surface area contributed by atoms with Crippen LogP contribution in [0.5, 0.6) is 11.5 Å². The minimum atomic E-state index is 0.544. The lowest BCUT2D eigenvalue weighted by Gasteiger charge is -2.13. The highest BCUT2D eigenvalue weighted by molar-refractivity contribution is 5.89. The Morgan fingerprint density at radius 2 is 1.84 bits per heavy atom. The van der Waals surface area contributed by atoms with Gasteiger partial charge in [0.1, 0.15) is 11.5 Å². The molecule has 0 aliphatic heterocycles. The summed E-state index contributed by atoms with van der Waals surface area (Å²) >= 11 is 0. The number of benzene rings is 2. The van der Waals surface area contributed by atoms with E-state index in [9.17, 15) is 4.79 Å². The second kappa shape index (κ2) is 5.91. The van der Waals surface area contributed by atoms with Gasteiger partial charge in [-0.2, -0.15) is 0 Å². The van der Waals surface area contributed by atoms with E-state index in [1.807, 2.05) is 24.3 Å². The van der Waals surface area contributed by atoms with E-state index in [1.54, 1.807) is 32.4 Å². The van der Waals surface area contributed by atoms with Crippen molar-refractivity contribution in [2.45, 2.75) is 0 Å². The van der Waals surface area contributed by atoms with Crippen LogP contribution in [0.25, 0.3) is 0 Å². The summed E-state index contributed by atoms with van der Waals surface area (Å²) in [5.41, 5.74) is 2.02. The predicted octanol–water partition coefficient (Wildman–Crippen LogP) is 3.26. The molecule has 0 radical (unpaired) electrons. The summed E-state index contributed by atoms with van der Waals surface area (Å²) in [7, 11) is 3.18. The number of para-hydroxylation sites is 1. The van der Waals surface area contributed by atoms with Gasteiger partial charge in [-0.15, -0.1) is 0 Å². The fourth-order valence-electron chi connectivity index (χ4n) is 1.80. The lowest BCUT2D eigenvalue weighted by atomic mass is 10.1. The molecule has 0 saturated heterocycles. The van der Waals surface area contributed by atoms with Crippen LogP contribution in [-0.4, -0.2) is 20.5 Å². The molecule has 98 valence electrons. The zero-order valence-corrected chi connectivity index (χ0v) is 10.8. The Hall–Kier alpha value is -2.49. The van der Waals surface area contributed by atoms with Gasteiger partial charge >= 0.3 is 0 Å². The van der Waals surface area contributed by atoms with Crippen LogP contribution in [-0.2, 0) is 0 Å². The number of nitrogens with one attached hydrogen (secondary N) is 1.